The molecule has 19 heavy (non-hydrogen) atoms. The first kappa shape index (κ1) is 13.8. The number of nitrogens with one attached hydrogen (secondary N) is 1. The summed E-state index contributed by atoms with van der Waals surface area (Å²) in [5.74, 6) is -0.316. The van der Waals surface area contributed by atoms with Gasteiger partial charge in [0.2, 0.25) is 0 Å². The molecule has 1 aliphatic carbocycles. The van der Waals surface area contributed by atoms with Crippen LogP contribution in [0.1, 0.15) is 56.3 Å². The molecular formula is C14H20N2O3. The Morgan fingerprint density at radius 3 is 2.53 bits per heavy atom. The molecule has 1 heterocycles. The average molecular weight is 264 g/mol. The van der Waals surface area contributed by atoms with E-state index < -0.39 is 11.2 Å². The number of carbonyl (C=O) groups excluding carboxylic acids is 1. The van der Waals surface area contributed by atoms with Gasteiger partial charge in [0.15, 0.2) is 5.78 Å². The van der Waals surface area contributed by atoms with Crippen molar-refractivity contribution >= 4 is 5.78 Å². The summed E-state index contributed by atoms with van der Waals surface area (Å²) in [6, 6.07) is 0. The first-order valence-electron chi connectivity index (χ1n) is 6.76. The first-order chi connectivity index (χ1) is 8.93. The highest BCUT2D eigenvalue weighted by Crippen LogP contribution is 2.36. The van der Waals surface area contributed by atoms with Gasteiger partial charge in [-0.25, -0.2) is 4.79 Å². The zero-order chi connectivity index (χ0) is 14.0. The van der Waals surface area contributed by atoms with E-state index in [1.807, 2.05) is 0 Å². The van der Waals surface area contributed by atoms with Crippen LogP contribution in [0.4, 0.5) is 0 Å². The van der Waals surface area contributed by atoms with Crippen LogP contribution in [0.2, 0.25) is 0 Å². The van der Waals surface area contributed by atoms with Crippen LogP contribution in [-0.2, 0) is 6.54 Å². The Morgan fingerprint density at radius 2 is 1.95 bits per heavy atom. The van der Waals surface area contributed by atoms with Crippen LogP contribution in [0.15, 0.2) is 15.8 Å². The number of aromatic amines is 1. The highest BCUT2D eigenvalue weighted by molar-refractivity contribution is 5.93. The summed E-state index contributed by atoms with van der Waals surface area (Å²) in [6.45, 7) is 3.84. The zero-order valence-electron chi connectivity index (χ0n) is 11.5. The Labute approximate surface area is 111 Å². The molecule has 0 aromatic carbocycles. The number of aromatic nitrogens is 2. The third kappa shape index (κ3) is 2.85. The van der Waals surface area contributed by atoms with Crippen molar-refractivity contribution in [1.82, 2.24) is 9.55 Å². The van der Waals surface area contributed by atoms with Gasteiger partial charge in [-0.05, 0) is 25.2 Å². The molecule has 1 N–H and O–H groups in total. The molecule has 1 aromatic rings. The van der Waals surface area contributed by atoms with Gasteiger partial charge in [0.25, 0.3) is 5.56 Å². The van der Waals surface area contributed by atoms with Crippen molar-refractivity contribution in [2.45, 2.75) is 52.5 Å². The van der Waals surface area contributed by atoms with Crippen LogP contribution in [0.5, 0.6) is 0 Å². The molecular weight excluding hydrogens is 244 g/mol. The average Bonchev–Trinajstić information content (AvgIpc) is 2.35. The predicted octanol–water partition coefficient (Wildman–Crippen LogP) is 1.71. The molecule has 0 unspecified atom stereocenters. The summed E-state index contributed by atoms with van der Waals surface area (Å²) in [7, 11) is 0. The lowest BCUT2D eigenvalue weighted by molar-refractivity contribution is 0.101. The van der Waals surface area contributed by atoms with Crippen molar-refractivity contribution in [2.24, 2.45) is 5.41 Å². The molecule has 0 bridgehead atoms. The van der Waals surface area contributed by atoms with Crippen LogP contribution >= 0.6 is 0 Å². The summed E-state index contributed by atoms with van der Waals surface area (Å²) in [5.41, 5.74) is -0.867. The second kappa shape index (κ2) is 5.15. The van der Waals surface area contributed by atoms with Crippen molar-refractivity contribution in [3.05, 3.63) is 32.6 Å². The van der Waals surface area contributed by atoms with Crippen LogP contribution in [0, 0.1) is 5.41 Å². The van der Waals surface area contributed by atoms with E-state index in [9.17, 15) is 14.4 Å². The second-order valence-corrected chi connectivity index (χ2v) is 5.83. The Bertz CT molecular complexity index is 591. The van der Waals surface area contributed by atoms with Crippen LogP contribution in [0.25, 0.3) is 0 Å². The van der Waals surface area contributed by atoms with Crippen molar-refractivity contribution in [3.8, 4) is 0 Å². The fourth-order valence-corrected chi connectivity index (χ4v) is 2.85. The summed E-state index contributed by atoms with van der Waals surface area (Å²) in [4.78, 5) is 37.8. The quantitative estimate of drug-likeness (QED) is 0.845. The van der Waals surface area contributed by atoms with Gasteiger partial charge in [0.05, 0.1) is 5.56 Å². The van der Waals surface area contributed by atoms with Gasteiger partial charge in [-0.1, -0.05) is 26.2 Å². The van der Waals surface area contributed by atoms with E-state index in [-0.39, 0.29) is 16.8 Å². The maximum Gasteiger partial charge on any atom is 0.328 e. The molecule has 0 saturated heterocycles. The maximum atomic E-state index is 12.2. The van der Waals surface area contributed by atoms with E-state index >= 15 is 0 Å². The fraction of sp³-hybridized carbons (Fsp3) is 0.643. The normalized spacial score (nSPS) is 18.2. The Hall–Kier alpha value is -1.65. The Balaban J connectivity index is 2.39. The van der Waals surface area contributed by atoms with E-state index in [0.29, 0.717) is 6.54 Å². The molecule has 1 saturated carbocycles. The largest absolute Gasteiger partial charge is 0.328 e. The van der Waals surface area contributed by atoms with E-state index in [2.05, 4.69) is 11.9 Å². The first-order valence-corrected chi connectivity index (χ1v) is 6.76. The zero-order valence-corrected chi connectivity index (χ0v) is 11.5. The molecule has 2 rings (SSSR count). The molecule has 5 heteroatoms. The molecule has 5 nitrogen and oxygen atoms in total. The molecule has 1 aromatic heterocycles. The summed E-state index contributed by atoms with van der Waals surface area (Å²) in [6.07, 6.45) is 6.73. The lowest BCUT2D eigenvalue weighted by Crippen LogP contribution is -2.42. The minimum absolute atomic E-state index is 0.0233. The topological polar surface area (TPSA) is 71.9 Å². The minimum Gasteiger partial charge on any atom is -0.313 e. The molecule has 0 atom stereocenters. The third-order valence-electron chi connectivity index (χ3n) is 4.04. The minimum atomic E-state index is -0.469. The molecule has 0 spiro atoms. The van der Waals surface area contributed by atoms with Gasteiger partial charge in [0, 0.05) is 12.7 Å². The van der Waals surface area contributed by atoms with Gasteiger partial charge in [-0.15, -0.1) is 0 Å². The van der Waals surface area contributed by atoms with E-state index in [1.165, 1.54) is 24.1 Å². The van der Waals surface area contributed by atoms with Gasteiger partial charge < -0.3 is 4.98 Å². The van der Waals surface area contributed by atoms with Crippen LogP contribution in [0.3, 0.4) is 0 Å². The molecule has 0 radical (unpaired) electrons. The number of nitrogens with zero attached hydrogens (tertiary/aromatic N) is 1. The van der Waals surface area contributed by atoms with Gasteiger partial charge in [-0.3, -0.25) is 14.2 Å². The monoisotopic (exact) mass is 264 g/mol. The highest BCUT2D eigenvalue weighted by atomic mass is 16.2. The van der Waals surface area contributed by atoms with Crippen molar-refractivity contribution in [3.63, 3.8) is 0 Å². The number of hydrogen-bond donors (Lipinski definition) is 1. The molecule has 0 amide bonds. The number of rotatable bonds is 3. The number of Topliss-reactive ketones (excluding diaryl/α,β-unsaturated/α-hetero) is 1. The van der Waals surface area contributed by atoms with Crippen LogP contribution < -0.4 is 11.2 Å². The lowest BCUT2D eigenvalue weighted by Gasteiger charge is -2.33. The molecule has 1 aliphatic rings. The van der Waals surface area contributed by atoms with E-state index in [1.54, 1.807) is 0 Å². The second-order valence-electron chi connectivity index (χ2n) is 5.83. The number of ketones is 1. The summed E-state index contributed by atoms with van der Waals surface area (Å²) >= 11 is 0. The number of carbonyl (C=O) groups is 1. The summed E-state index contributed by atoms with van der Waals surface area (Å²) in [5, 5.41) is 0. The Kier molecular flexibility index (Phi) is 3.73. The Morgan fingerprint density at radius 1 is 1.32 bits per heavy atom. The van der Waals surface area contributed by atoms with Gasteiger partial charge in [-0.2, -0.15) is 0 Å². The standard InChI is InChI=1S/C14H20N2O3/c1-10(17)11-8-15-13(19)16(12(11)18)9-14(2)6-4-3-5-7-14/h8H,3-7,9H2,1-2H3,(H,15,19). The SMILES string of the molecule is CC(=O)c1c[nH]c(=O)n(CC2(C)CCCCC2)c1=O. The highest BCUT2D eigenvalue weighted by Gasteiger charge is 2.28. The van der Waals surface area contributed by atoms with Crippen molar-refractivity contribution in [1.29, 1.82) is 0 Å². The predicted molar refractivity (Wildman–Crippen MR) is 72.5 cm³/mol. The number of H-pyrrole nitrogens is 1. The number of hydrogen-bond acceptors (Lipinski definition) is 3. The summed E-state index contributed by atoms with van der Waals surface area (Å²) < 4.78 is 1.18. The van der Waals surface area contributed by atoms with E-state index in [4.69, 9.17) is 0 Å². The smallest absolute Gasteiger partial charge is 0.313 e. The van der Waals surface area contributed by atoms with Gasteiger partial charge in [0.1, 0.15) is 0 Å². The third-order valence-corrected chi connectivity index (χ3v) is 4.04. The molecule has 1 fully saturated rings. The van der Waals surface area contributed by atoms with Crippen molar-refractivity contribution < 1.29 is 4.79 Å². The van der Waals surface area contributed by atoms with Crippen LogP contribution in [-0.4, -0.2) is 15.3 Å². The molecule has 104 valence electrons. The fourth-order valence-electron chi connectivity index (χ4n) is 2.85. The maximum absolute atomic E-state index is 12.2. The molecule has 0 aliphatic heterocycles. The lowest BCUT2D eigenvalue weighted by atomic mass is 9.75. The van der Waals surface area contributed by atoms with Gasteiger partial charge >= 0.3 is 5.69 Å². The van der Waals surface area contributed by atoms with Crippen molar-refractivity contribution in [2.75, 3.05) is 0 Å². The van der Waals surface area contributed by atoms with E-state index in [0.717, 1.165) is 25.7 Å².